The van der Waals surface area contributed by atoms with Gasteiger partial charge < -0.3 is 0 Å². The van der Waals surface area contributed by atoms with Crippen LogP contribution in [0.25, 0.3) is 0 Å². The maximum absolute atomic E-state index is 3.72. The molecule has 0 N–H and O–H groups in total. The zero-order chi connectivity index (χ0) is 8.60. The molecular weight excluding hydrogens is 212 g/mol. The van der Waals surface area contributed by atoms with Crippen LogP contribution in [0.5, 0.6) is 0 Å². The highest BCUT2D eigenvalue weighted by Gasteiger charge is 2.40. The third kappa shape index (κ3) is 1.57. The molecule has 70 valence electrons. The summed E-state index contributed by atoms with van der Waals surface area (Å²) in [5, 5.41) is 0. The Bertz CT molecular complexity index is 152. The van der Waals surface area contributed by atoms with Gasteiger partial charge in [0.05, 0.1) is 0 Å². The van der Waals surface area contributed by atoms with Crippen molar-refractivity contribution < 1.29 is 0 Å². The molecule has 0 aromatic heterocycles. The van der Waals surface area contributed by atoms with Gasteiger partial charge in [0.25, 0.3) is 0 Å². The van der Waals surface area contributed by atoms with Crippen LogP contribution in [0, 0.1) is 11.3 Å². The number of alkyl halides is 1. The average Bonchev–Trinajstić information content (AvgIpc) is 2.02. The molecule has 0 atom stereocenters. The van der Waals surface area contributed by atoms with Gasteiger partial charge in [-0.15, -0.1) is 0 Å². The Morgan fingerprint density at radius 3 is 2.08 bits per heavy atom. The van der Waals surface area contributed by atoms with Crippen LogP contribution in [0.4, 0.5) is 0 Å². The van der Waals surface area contributed by atoms with E-state index < -0.39 is 0 Å². The van der Waals surface area contributed by atoms with E-state index in [-0.39, 0.29) is 0 Å². The summed E-state index contributed by atoms with van der Waals surface area (Å²) in [5.74, 6) is 1.06. The van der Waals surface area contributed by atoms with Gasteiger partial charge in [0, 0.05) is 4.83 Å². The molecule has 2 aliphatic carbocycles. The number of halogens is 1. The van der Waals surface area contributed by atoms with Crippen molar-refractivity contribution in [2.75, 3.05) is 0 Å². The summed E-state index contributed by atoms with van der Waals surface area (Å²) in [6.45, 7) is 2.51. The molecule has 2 aliphatic rings. The van der Waals surface area contributed by atoms with E-state index >= 15 is 0 Å². The van der Waals surface area contributed by atoms with E-state index in [2.05, 4.69) is 22.9 Å². The van der Waals surface area contributed by atoms with Gasteiger partial charge in [0.1, 0.15) is 0 Å². The molecule has 0 aliphatic heterocycles. The highest BCUT2D eigenvalue weighted by molar-refractivity contribution is 9.09. The Kier molecular flexibility index (Phi) is 2.51. The minimum atomic E-state index is 0.757. The van der Waals surface area contributed by atoms with Crippen LogP contribution in [-0.4, -0.2) is 4.83 Å². The van der Waals surface area contributed by atoms with E-state index in [0.717, 1.165) is 16.2 Å². The third-order valence-electron chi connectivity index (χ3n) is 4.14. The first kappa shape index (κ1) is 9.05. The van der Waals surface area contributed by atoms with Gasteiger partial charge in [0.15, 0.2) is 0 Å². The molecular formula is C11H19Br. The Balaban J connectivity index is 1.88. The van der Waals surface area contributed by atoms with E-state index in [1.54, 1.807) is 0 Å². The number of rotatable bonds is 1. The molecule has 2 saturated carbocycles. The summed E-state index contributed by atoms with van der Waals surface area (Å²) < 4.78 is 0. The van der Waals surface area contributed by atoms with Crippen LogP contribution < -0.4 is 0 Å². The zero-order valence-corrected chi connectivity index (χ0v) is 9.57. The van der Waals surface area contributed by atoms with Gasteiger partial charge in [-0.2, -0.15) is 0 Å². The fourth-order valence-electron chi connectivity index (χ4n) is 2.89. The smallest absolute Gasteiger partial charge is 0.0146 e. The average molecular weight is 231 g/mol. The topological polar surface area (TPSA) is 0 Å². The highest BCUT2D eigenvalue weighted by atomic mass is 79.9. The van der Waals surface area contributed by atoms with E-state index in [9.17, 15) is 0 Å². The zero-order valence-electron chi connectivity index (χ0n) is 7.98. The minimum Gasteiger partial charge on any atom is -0.0891 e. The number of hydrogen-bond donors (Lipinski definition) is 0. The summed E-state index contributed by atoms with van der Waals surface area (Å²) in [5.41, 5.74) is 0.757. The fourth-order valence-corrected chi connectivity index (χ4v) is 3.42. The Morgan fingerprint density at radius 1 is 1.08 bits per heavy atom. The summed E-state index contributed by atoms with van der Waals surface area (Å²) in [4.78, 5) is 0.831. The molecule has 0 heterocycles. The SMILES string of the molecule is CC1(C2CCC(Br)CC2)CCC1. The van der Waals surface area contributed by atoms with E-state index in [4.69, 9.17) is 0 Å². The maximum atomic E-state index is 3.72. The summed E-state index contributed by atoms with van der Waals surface area (Å²) >= 11 is 3.72. The van der Waals surface area contributed by atoms with Crippen molar-refractivity contribution >= 4 is 15.9 Å². The molecule has 0 amide bonds. The van der Waals surface area contributed by atoms with Gasteiger partial charge in [0.2, 0.25) is 0 Å². The van der Waals surface area contributed by atoms with Gasteiger partial charge >= 0.3 is 0 Å². The second-order valence-corrected chi connectivity index (χ2v) is 6.25. The van der Waals surface area contributed by atoms with Crippen LogP contribution >= 0.6 is 15.9 Å². The predicted octanol–water partition coefficient (Wildman–Crippen LogP) is 4.13. The lowest BCUT2D eigenvalue weighted by Gasteiger charge is -2.47. The molecule has 0 radical (unpaired) electrons. The minimum absolute atomic E-state index is 0.757. The fraction of sp³-hybridized carbons (Fsp3) is 1.00. The molecule has 0 unspecified atom stereocenters. The van der Waals surface area contributed by atoms with Crippen LogP contribution in [0.15, 0.2) is 0 Å². The molecule has 0 aromatic rings. The molecule has 12 heavy (non-hydrogen) atoms. The van der Waals surface area contributed by atoms with E-state index in [0.29, 0.717) is 0 Å². The largest absolute Gasteiger partial charge is 0.0891 e. The molecule has 0 bridgehead atoms. The molecule has 0 aromatic carbocycles. The van der Waals surface area contributed by atoms with Gasteiger partial charge in [-0.1, -0.05) is 29.3 Å². The molecule has 0 nitrogen and oxygen atoms in total. The molecule has 2 fully saturated rings. The van der Waals surface area contributed by atoms with Crippen molar-refractivity contribution in [3.8, 4) is 0 Å². The van der Waals surface area contributed by atoms with Gasteiger partial charge in [-0.25, -0.2) is 0 Å². The summed E-state index contributed by atoms with van der Waals surface area (Å²) in [7, 11) is 0. The van der Waals surface area contributed by atoms with Crippen molar-refractivity contribution in [3.05, 3.63) is 0 Å². The molecule has 2 rings (SSSR count). The Labute approximate surface area is 84.2 Å². The first-order chi connectivity index (χ1) is 5.71. The van der Waals surface area contributed by atoms with Crippen LogP contribution in [0.2, 0.25) is 0 Å². The van der Waals surface area contributed by atoms with Gasteiger partial charge in [-0.05, 0) is 49.9 Å². The number of hydrogen-bond acceptors (Lipinski definition) is 0. The standard InChI is InChI=1S/C11H19Br/c1-11(7-2-8-11)9-3-5-10(12)6-4-9/h9-10H,2-8H2,1H3. The predicted molar refractivity (Wildman–Crippen MR) is 56.6 cm³/mol. The summed E-state index contributed by atoms with van der Waals surface area (Å²) in [6.07, 6.45) is 10.3. The molecule has 0 saturated heterocycles. The Morgan fingerprint density at radius 2 is 1.67 bits per heavy atom. The lowest BCUT2D eigenvalue weighted by molar-refractivity contribution is 0.0478. The van der Waals surface area contributed by atoms with Crippen molar-refractivity contribution in [1.29, 1.82) is 0 Å². The van der Waals surface area contributed by atoms with E-state index in [1.165, 1.54) is 44.9 Å². The van der Waals surface area contributed by atoms with Crippen molar-refractivity contribution in [2.24, 2.45) is 11.3 Å². The Hall–Kier alpha value is 0.480. The maximum Gasteiger partial charge on any atom is 0.0146 e. The first-order valence-electron chi connectivity index (χ1n) is 5.35. The van der Waals surface area contributed by atoms with Crippen LogP contribution in [0.1, 0.15) is 51.9 Å². The van der Waals surface area contributed by atoms with Crippen molar-refractivity contribution in [2.45, 2.75) is 56.7 Å². The van der Waals surface area contributed by atoms with Crippen molar-refractivity contribution in [1.82, 2.24) is 0 Å². The second kappa shape index (κ2) is 3.32. The van der Waals surface area contributed by atoms with Crippen molar-refractivity contribution in [3.63, 3.8) is 0 Å². The second-order valence-electron chi connectivity index (χ2n) is 4.96. The molecule has 1 heteroatoms. The monoisotopic (exact) mass is 230 g/mol. The molecule has 0 spiro atoms. The van der Waals surface area contributed by atoms with E-state index in [1.807, 2.05) is 0 Å². The quantitative estimate of drug-likeness (QED) is 0.595. The normalized spacial score (nSPS) is 40.5. The van der Waals surface area contributed by atoms with Crippen LogP contribution in [-0.2, 0) is 0 Å². The summed E-state index contributed by atoms with van der Waals surface area (Å²) in [6, 6.07) is 0. The lowest BCUT2D eigenvalue weighted by atomic mass is 9.59. The lowest BCUT2D eigenvalue weighted by Crippen LogP contribution is -2.36. The third-order valence-corrected chi connectivity index (χ3v) is 5.05. The van der Waals surface area contributed by atoms with Crippen LogP contribution in [0.3, 0.4) is 0 Å². The first-order valence-corrected chi connectivity index (χ1v) is 6.26. The highest BCUT2D eigenvalue weighted by Crippen LogP contribution is 2.51. The van der Waals surface area contributed by atoms with Gasteiger partial charge in [-0.3, -0.25) is 0 Å².